The van der Waals surface area contributed by atoms with Crippen molar-refractivity contribution in [1.82, 2.24) is 0 Å². The summed E-state index contributed by atoms with van der Waals surface area (Å²) in [6.45, 7) is 2.83. The molecule has 1 aliphatic carbocycles. The van der Waals surface area contributed by atoms with E-state index in [1.165, 1.54) is 12.8 Å². The minimum atomic E-state index is 0.00768. The van der Waals surface area contributed by atoms with Gasteiger partial charge in [-0.15, -0.1) is 0 Å². The van der Waals surface area contributed by atoms with Gasteiger partial charge in [-0.25, -0.2) is 0 Å². The van der Waals surface area contributed by atoms with Crippen molar-refractivity contribution in [2.75, 3.05) is 13.7 Å². The Balaban J connectivity index is 2.29. The van der Waals surface area contributed by atoms with Crippen LogP contribution in [0.3, 0.4) is 0 Å². The lowest BCUT2D eigenvalue weighted by atomic mass is 9.82. The number of Topliss-reactive ketones (excluding diaryl/α,β-unsaturated/α-hetero) is 1. The fourth-order valence-corrected chi connectivity index (χ4v) is 2.11. The van der Waals surface area contributed by atoms with Gasteiger partial charge in [0.15, 0.2) is 0 Å². The number of rotatable bonds is 5. The average molecular weight is 184 g/mol. The summed E-state index contributed by atoms with van der Waals surface area (Å²) in [5.41, 5.74) is 0.00768. The van der Waals surface area contributed by atoms with E-state index in [1.54, 1.807) is 7.11 Å². The number of hydrogen-bond acceptors (Lipinski definition) is 2. The molecule has 0 N–H and O–H groups in total. The fraction of sp³-hybridized carbons (Fsp3) is 0.909. The van der Waals surface area contributed by atoms with E-state index in [1.807, 2.05) is 0 Å². The monoisotopic (exact) mass is 184 g/mol. The number of carbonyl (C=O) groups excluding carboxylic acids is 1. The molecule has 0 aliphatic heterocycles. The zero-order chi connectivity index (χ0) is 9.73. The molecule has 0 heterocycles. The molecular formula is C11H20O2. The molecule has 0 radical (unpaired) electrons. The zero-order valence-electron chi connectivity index (χ0n) is 8.77. The van der Waals surface area contributed by atoms with E-state index in [9.17, 15) is 4.79 Å². The highest BCUT2D eigenvalue weighted by molar-refractivity contribution is 5.84. The van der Waals surface area contributed by atoms with Gasteiger partial charge in [0.05, 0.1) is 0 Å². The lowest BCUT2D eigenvalue weighted by molar-refractivity contribution is -0.127. The predicted molar refractivity (Wildman–Crippen MR) is 52.7 cm³/mol. The lowest BCUT2D eigenvalue weighted by Crippen LogP contribution is -2.24. The van der Waals surface area contributed by atoms with E-state index in [0.29, 0.717) is 18.8 Å². The van der Waals surface area contributed by atoms with Crippen molar-refractivity contribution in [3.63, 3.8) is 0 Å². The van der Waals surface area contributed by atoms with Crippen molar-refractivity contribution in [3.05, 3.63) is 0 Å². The standard InChI is InChI=1S/C11H20O2/c1-11(7-3-4-8-11)10(12)6-5-9-13-2/h3-9H2,1-2H3. The number of ketones is 1. The van der Waals surface area contributed by atoms with Gasteiger partial charge in [-0.3, -0.25) is 4.79 Å². The maximum Gasteiger partial charge on any atom is 0.138 e. The maximum atomic E-state index is 11.8. The Hall–Kier alpha value is -0.370. The topological polar surface area (TPSA) is 26.3 Å². The minimum absolute atomic E-state index is 0.00768. The molecule has 0 atom stereocenters. The molecule has 0 aromatic carbocycles. The van der Waals surface area contributed by atoms with E-state index in [2.05, 4.69) is 6.92 Å². The van der Waals surface area contributed by atoms with Gasteiger partial charge in [0, 0.05) is 25.6 Å². The molecule has 0 aromatic rings. The molecule has 1 aliphatic rings. The highest BCUT2D eigenvalue weighted by Gasteiger charge is 2.34. The first-order chi connectivity index (χ1) is 6.19. The van der Waals surface area contributed by atoms with Crippen LogP contribution in [-0.2, 0) is 9.53 Å². The number of hydrogen-bond donors (Lipinski definition) is 0. The predicted octanol–water partition coefficient (Wildman–Crippen LogP) is 2.56. The summed E-state index contributed by atoms with van der Waals surface area (Å²) in [6.07, 6.45) is 6.23. The van der Waals surface area contributed by atoms with Crippen molar-refractivity contribution >= 4 is 5.78 Å². The number of methoxy groups -OCH3 is 1. The van der Waals surface area contributed by atoms with Gasteiger partial charge in [0.1, 0.15) is 5.78 Å². The Morgan fingerprint density at radius 3 is 2.54 bits per heavy atom. The van der Waals surface area contributed by atoms with Crippen LogP contribution in [0.4, 0.5) is 0 Å². The molecule has 1 rings (SSSR count). The van der Waals surface area contributed by atoms with Gasteiger partial charge >= 0.3 is 0 Å². The average Bonchev–Trinajstić information content (AvgIpc) is 2.54. The van der Waals surface area contributed by atoms with Gasteiger partial charge in [0.2, 0.25) is 0 Å². The highest BCUT2D eigenvalue weighted by Crippen LogP contribution is 2.39. The summed E-state index contributed by atoms with van der Waals surface area (Å²) >= 11 is 0. The molecule has 0 bridgehead atoms. The van der Waals surface area contributed by atoms with Crippen molar-refractivity contribution in [2.45, 2.75) is 45.4 Å². The van der Waals surface area contributed by atoms with Crippen LogP contribution in [0.1, 0.15) is 45.4 Å². The Morgan fingerprint density at radius 2 is 2.00 bits per heavy atom. The number of carbonyl (C=O) groups is 1. The third-order valence-electron chi connectivity index (χ3n) is 3.13. The molecule has 13 heavy (non-hydrogen) atoms. The first-order valence-corrected chi connectivity index (χ1v) is 5.21. The molecule has 2 heteroatoms. The summed E-state index contributed by atoms with van der Waals surface area (Å²) in [6, 6.07) is 0. The second kappa shape index (κ2) is 4.75. The summed E-state index contributed by atoms with van der Waals surface area (Å²) in [7, 11) is 1.68. The summed E-state index contributed by atoms with van der Waals surface area (Å²) < 4.78 is 4.94. The third-order valence-corrected chi connectivity index (χ3v) is 3.13. The smallest absolute Gasteiger partial charge is 0.138 e. The van der Waals surface area contributed by atoms with E-state index in [-0.39, 0.29) is 5.41 Å². The molecule has 0 amide bonds. The van der Waals surface area contributed by atoms with E-state index in [4.69, 9.17) is 4.74 Å². The molecule has 0 unspecified atom stereocenters. The molecule has 0 saturated heterocycles. The normalized spacial score (nSPS) is 20.5. The van der Waals surface area contributed by atoms with Gasteiger partial charge in [-0.1, -0.05) is 19.8 Å². The Labute approximate surface area is 80.7 Å². The van der Waals surface area contributed by atoms with Crippen molar-refractivity contribution in [2.24, 2.45) is 5.41 Å². The van der Waals surface area contributed by atoms with Gasteiger partial charge in [-0.05, 0) is 19.3 Å². The second-order valence-electron chi connectivity index (χ2n) is 4.29. The van der Waals surface area contributed by atoms with E-state index in [0.717, 1.165) is 19.3 Å². The Bertz CT molecular complexity index is 169. The van der Waals surface area contributed by atoms with E-state index >= 15 is 0 Å². The number of ether oxygens (including phenoxy) is 1. The van der Waals surface area contributed by atoms with Crippen molar-refractivity contribution < 1.29 is 9.53 Å². The van der Waals surface area contributed by atoms with Crippen molar-refractivity contribution in [3.8, 4) is 0 Å². The molecule has 1 saturated carbocycles. The molecular weight excluding hydrogens is 164 g/mol. The Morgan fingerprint density at radius 1 is 1.38 bits per heavy atom. The molecule has 2 nitrogen and oxygen atoms in total. The SMILES string of the molecule is COCCCC(=O)C1(C)CCCC1. The van der Waals surface area contributed by atoms with Crippen LogP contribution in [0.2, 0.25) is 0 Å². The summed E-state index contributed by atoms with van der Waals surface area (Å²) in [5, 5.41) is 0. The van der Waals surface area contributed by atoms with Gasteiger partial charge in [0.25, 0.3) is 0 Å². The molecule has 0 spiro atoms. The van der Waals surface area contributed by atoms with Crippen LogP contribution in [0.15, 0.2) is 0 Å². The fourth-order valence-electron chi connectivity index (χ4n) is 2.11. The second-order valence-corrected chi connectivity index (χ2v) is 4.29. The van der Waals surface area contributed by atoms with Crippen LogP contribution in [0.25, 0.3) is 0 Å². The zero-order valence-corrected chi connectivity index (χ0v) is 8.77. The summed E-state index contributed by atoms with van der Waals surface area (Å²) in [4.78, 5) is 11.8. The minimum Gasteiger partial charge on any atom is -0.385 e. The highest BCUT2D eigenvalue weighted by atomic mass is 16.5. The van der Waals surface area contributed by atoms with Crippen LogP contribution in [0, 0.1) is 5.41 Å². The van der Waals surface area contributed by atoms with Crippen LogP contribution < -0.4 is 0 Å². The molecule has 76 valence electrons. The first kappa shape index (κ1) is 10.7. The van der Waals surface area contributed by atoms with Crippen molar-refractivity contribution in [1.29, 1.82) is 0 Å². The third kappa shape index (κ3) is 2.80. The molecule has 1 fully saturated rings. The molecule has 0 aromatic heterocycles. The van der Waals surface area contributed by atoms with Crippen LogP contribution in [0.5, 0.6) is 0 Å². The maximum absolute atomic E-state index is 11.8. The first-order valence-electron chi connectivity index (χ1n) is 5.21. The van der Waals surface area contributed by atoms with Crippen LogP contribution in [-0.4, -0.2) is 19.5 Å². The van der Waals surface area contributed by atoms with Crippen LogP contribution >= 0.6 is 0 Å². The van der Waals surface area contributed by atoms with E-state index < -0.39 is 0 Å². The van der Waals surface area contributed by atoms with Gasteiger partial charge < -0.3 is 4.74 Å². The lowest BCUT2D eigenvalue weighted by Gasteiger charge is -2.21. The quantitative estimate of drug-likeness (QED) is 0.614. The Kier molecular flexibility index (Phi) is 3.91. The largest absolute Gasteiger partial charge is 0.385 e. The van der Waals surface area contributed by atoms with Gasteiger partial charge in [-0.2, -0.15) is 0 Å². The summed E-state index contributed by atoms with van der Waals surface area (Å²) in [5.74, 6) is 0.446.